The Hall–Kier alpha value is -3.19. The van der Waals surface area contributed by atoms with Crippen molar-refractivity contribution in [3.05, 3.63) is 65.2 Å². The number of aromatic nitrogens is 1. The van der Waals surface area contributed by atoms with Gasteiger partial charge in [-0.3, -0.25) is 9.59 Å². The second kappa shape index (κ2) is 9.96. The first-order valence-electron chi connectivity index (χ1n) is 10.8. The molecule has 1 aliphatic rings. The van der Waals surface area contributed by atoms with Crippen molar-refractivity contribution in [1.29, 1.82) is 0 Å². The summed E-state index contributed by atoms with van der Waals surface area (Å²) in [7, 11) is 1.61. The minimum Gasteiger partial charge on any atom is -0.497 e. The number of hydrogen-bond donors (Lipinski definition) is 1. The lowest BCUT2D eigenvalue weighted by Crippen LogP contribution is -2.48. The van der Waals surface area contributed by atoms with Crippen molar-refractivity contribution in [3.8, 4) is 5.75 Å². The highest BCUT2D eigenvalue weighted by Gasteiger charge is 2.28. The number of benzene rings is 2. The third-order valence-electron chi connectivity index (χ3n) is 5.74. The monoisotopic (exact) mass is 449 g/mol. The molecule has 0 radical (unpaired) electrons. The van der Waals surface area contributed by atoms with Crippen molar-refractivity contribution in [2.75, 3.05) is 20.2 Å². The summed E-state index contributed by atoms with van der Waals surface area (Å²) in [5, 5.41) is 3.93. The molecule has 2 heterocycles. The number of methoxy groups -OCH3 is 1. The van der Waals surface area contributed by atoms with Crippen molar-refractivity contribution in [2.24, 2.45) is 0 Å². The molecule has 3 aromatic rings. The van der Waals surface area contributed by atoms with Crippen LogP contribution in [0.1, 0.15) is 36.3 Å². The maximum atomic E-state index is 12.8. The Bertz CT molecular complexity index is 1080. The summed E-state index contributed by atoms with van der Waals surface area (Å²) in [6, 6.07) is 15.0. The quantitative estimate of drug-likeness (QED) is 0.572. The van der Waals surface area contributed by atoms with Crippen LogP contribution in [0.15, 0.2) is 54.6 Å². The number of ether oxygens (including phenoxy) is 1. The average molecular weight is 450 g/mol. The first-order valence-corrected chi connectivity index (χ1v) is 11.6. The van der Waals surface area contributed by atoms with E-state index in [0.29, 0.717) is 19.0 Å². The molecule has 1 saturated heterocycles. The van der Waals surface area contributed by atoms with Gasteiger partial charge in [0.25, 0.3) is 0 Å². The molecule has 1 aliphatic heterocycles. The Labute approximate surface area is 191 Å². The minimum atomic E-state index is -0.568. The van der Waals surface area contributed by atoms with Crippen LogP contribution in [0.5, 0.6) is 5.75 Å². The van der Waals surface area contributed by atoms with Crippen LogP contribution in [0.2, 0.25) is 0 Å². The first-order chi connectivity index (χ1) is 15.5. The highest BCUT2D eigenvalue weighted by Crippen LogP contribution is 2.33. The van der Waals surface area contributed by atoms with Crippen molar-refractivity contribution in [2.45, 2.75) is 31.7 Å². The molecule has 2 amide bonds. The van der Waals surface area contributed by atoms with Gasteiger partial charge < -0.3 is 15.0 Å². The number of thiazole rings is 1. The third-order valence-corrected chi connectivity index (χ3v) is 6.94. The van der Waals surface area contributed by atoms with Gasteiger partial charge in [-0.1, -0.05) is 24.3 Å². The number of carbonyl (C=O) groups is 2. The van der Waals surface area contributed by atoms with E-state index in [1.807, 2.05) is 47.4 Å². The molecular formula is C25H27N3O3S. The summed E-state index contributed by atoms with van der Waals surface area (Å²) >= 11 is 1.75. The molecule has 1 aromatic heterocycles. The lowest BCUT2D eigenvalue weighted by molar-refractivity contribution is -0.136. The average Bonchev–Trinajstić information content (AvgIpc) is 3.27. The van der Waals surface area contributed by atoms with Crippen LogP contribution in [0.3, 0.4) is 0 Å². The fourth-order valence-electron chi connectivity index (χ4n) is 3.90. The molecule has 166 valence electrons. The first kappa shape index (κ1) is 22.0. The topological polar surface area (TPSA) is 71.5 Å². The van der Waals surface area contributed by atoms with Gasteiger partial charge in [0.1, 0.15) is 11.8 Å². The van der Waals surface area contributed by atoms with Gasteiger partial charge in [0.15, 0.2) is 0 Å². The number of para-hydroxylation sites is 1. The Balaban J connectivity index is 1.27. The van der Waals surface area contributed by atoms with Gasteiger partial charge in [-0.25, -0.2) is 4.98 Å². The Kier molecular flexibility index (Phi) is 6.85. The number of carbonyl (C=O) groups excluding carboxylic acids is 2. The zero-order valence-corrected chi connectivity index (χ0v) is 19.1. The number of piperidine rings is 1. The molecule has 4 rings (SSSR count). The number of amides is 2. The van der Waals surface area contributed by atoms with Crippen molar-refractivity contribution >= 4 is 39.4 Å². The number of rotatable bonds is 6. The van der Waals surface area contributed by atoms with E-state index in [9.17, 15) is 9.59 Å². The van der Waals surface area contributed by atoms with Gasteiger partial charge in [0.2, 0.25) is 11.8 Å². The van der Waals surface area contributed by atoms with Crippen molar-refractivity contribution < 1.29 is 14.3 Å². The fraction of sp³-hybridized carbons (Fsp3) is 0.320. The molecule has 1 N–H and O–H groups in total. The van der Waals surface area contributed by atoms with E-state index in [1.165, 1.54) is 10.8 Å². The van der Waals surface area contributed by atoms with Crippen LogP contribution in [0.4, 0.5) is 0 Å². The van der Waals surface area contributed by atoms with E-state index in [0.717, 1.165) is 34.7 Å². The van der Waals surface area contributed by atoms with E-state index in [4.69, 9.17) is 9.72 Å². The SMILES string of the molecule is COc1ccc(C=CC(=O)NC(C)C(=O)N2CCC(c3nc4ccccc4s3)CC2)cc1. The molecule has 0 saturated carbocycles. The molecule has 1 fully saturated rings. The predicted molar refractivity (Wildman–Crippen MR) is 128 cm³/mol. The highest BCUT2D eigenvalue weighted by atomic mass is 32.1. The summed E-state index contributed by atoms with van der Waals surface area (Å²) in [5.41, 5.74) is 1.93. The molecule has 0 spiro atoms. The Morgan fingerprint density at radius 3 is 2.56 bits per heavy atom. The minimum absolute atomic E-state index is 0.0426. The third kappa shape index (κ3) is 5.16. The number of hydrogen-bond acceptors (Lipinski definition) is 5. The lowest BCUT2D eigenvalue weighted by atomic mass is 9.97. The van der Waals surface area contributed by atoms with Gasteiger partial charge in [0.05, 0.1) is 22.3 Å². The lowest BCUT2D eigenvalue weighted by Gasteiger charge is -2.32. The molecule has 1 unspecified atom stereocenters. The molecule has 0 bridgehead atoms. The smallest absolute Gasteiger partial charge is 0.244 e. The fourth-order valence-corrected chi connectivity index (χ4v) is 5.03. The van der Waals surface area contributed by atoms with Gasteiger partial charge in [-0.05, 0) is 55.7 Å². The van der Waals surface area contributed by atoms with Crippen molar-refractivity contribution in [3.63, 3.8) is 0 Å². The summed E-state index contributed by atoms with van der Waals surface area (Å²) in [4.78, 5) is 31.7. The molecule has 7 heteroatoms. The van der Waals surface area contributed by atoms with Crippen LogP contribution in [0, 0.1) is 0 Å². The standard InChI is InChI=1S/C25H27N3O3S/c1-17(26-23(29)12-9-18-7-10-20(31-2)11-8-18)25(30)28-15-13-19(14-16-28)24-27-21-5-3-4-6-22(21)32-24/h3-12,17,19H,13-16H2,1-2H3,(H,26,29). The zero-order valence-electron chi connectivity index (χ0n) is 18.3. The van der Waals surface area contributed by atoms with Crippen LogP contribution >= 0.6 is 11.3 Å². The second-order valence-corrected chi connectivity index (χ2v) is 9.02. The van der Waals surface area contributed by atoms with Gasteiger partial charge in [-0.2, -0.15) is 0 Å². The number of nitrogens with one attached hydrogen (secondary N) is 1. The van der Waals surface area contributed by atoms with E-state index >= 15 is 0 Å². The number of nitrogens with zero attached hydrogens (tertiary/aromatic N) is 2. The molecular weight excluding hydrogens is 422 g/mol. The molecule has 6 nitrogen and oxygen atoms in total. The maximum Gasteiger partial charge on any atom is 0.244 e. The van der Waals surface area contributed by atoms with Gasteiger partial charge in [-0.15, -0.1) is 11.3 Å². The van der Waals surface area contributed by atoms with Crippen molar-refractivity contribution in [1.82, 2.24) is 15.2 Å². The van der Waals surface area contributed by atoms with Gasteiger partial charge in [0, 0.05) is 25.1 Å². The van der Waals surface area contributed by atoms with Gasteiger partial charge >= 0.3 is 0 Å². The highest BCUT2D eigenvalue weighted by molar-refractivity contribution is 7.18. The maximum absolute atomic E-state index is 12.8. The zero-order chi connectivity index (χ0) is 22.5. The number of fused-ring (bicyclic) bond motifs is 1. The van der Waals surface area contributed by atoms with E-state index in [2.05, 4.69) is 11.4 Å². The van der Waals surface area contributed by atoms with Crippen LogP contribution in [-0.2, 0) is 9.59 Å². The largest absolute Gasteiger partial charge is 0.497 e. The van der Waals surface area contributed by atoms with E-state index < -0.39 is 6.04 Å². The summed E-state index contributed by atoms with van der Waals surface area (Å²) in [5.74, 6) is 0.816. The predicted octanol–water partition coefficient (Wildman–Crippen LogP) is 4.23. The Morgan fingerprint density at radius 2 is 1.88 bits per heavy atom. The second-order valence-electron chi connectivity index (χ2n) is 7.96. The molecule has 2 aromatic carbocycles. The Morgan fingerprint density at radius 1 is 1.16 bits per heavy atom. The number of likely N-dealkylation sites (tertiary alicyclic amines) is 1. The van der Waals surface area contributed by atoms with E-state index in [-0.39, 0.29) is 11.8 Å². The molecule has 1 atom stereocenters. The molecule has 0 aliphatic carbocycles. The van der Waals surface area contributed by atoms with Crippen LogP contribution < -0.4 is 10.1 Å². The molecule has 32 heavy (non-hydrogen) atoms. The summed E-state index contributed by atoms with van der Waals surface area (Å²) < 4.78 is 6.34. The van der Waals surface area contributed by atoms with Crippen LogP contribution in [0.25, 0.3) is 16.3 Å². The van der Waals surface area contributed by atoms with Crippen LogP contribution in [-0.4, -0.2) is 47.9 Å². The summed E-state index contributed by atoms with van der Waals surface area (Å²) in [6.07, 6.45) is 4.95. The summed E-state index contributed by atoms with van der Waals surface area (Å²) in [6.45, 7) is 3.10. The van der Waals surface area contributed by atoms with E-state index in [1.54, 1.807) is 31.4 Å². The normalized spacial score (nSPS) is 15.8.